The van der Waals surface area contributed by atoms with Crippen LogP contribution in [-0.2, 0) is 23.6 Å². The van der Waals surface area contributed by atoms with Gasteiger partial charge in [-0.25, -0.2) is 8.42 Å². The van der Waals surface area contributed by atoms with Gasteiger partial charge in [-0.15, -0.1) is 0 Å². The number of nitrogens with zero attached hydrogens (tertiary/aromatic N) is 5. The van der Waals surface area contributed by atoms with Gasteiger partial charge in [0.15, 0.2) is 0 Å². The maximum absolute atomic E-state index is 13.6. The van der Waals surface area contributed by atoms with Gasteiger partial charge in [0.2, 0.25) is 5.03 Å². The second-order valence-electron chi connectivity index (χ2n) is 8.65. The third-order valence-electron chi connectivity index (χ3n) is 6.25. The number of rotatable bonds is 7. The van der Waals surface area contributed by atoms with E-state index in [-0.39, 0.29) is 16.5 Å². The number of carbonyl (C=O) groups excluding carboxylic acids is 1. The molecule has 1 fully saturated rings. The van der Waals surface area contributed by atoms with Crippen LogP contribution in [-0.4, -0.2) is 66.0 Å². The van der Waals surface area contributed by atoms with Crippen LogP contribution in [0.2, 0.25) is 5.02 Å². The molecular formula is C25H30ClN5O3S. The summed E-state index contributed by atoms with van der Waals surface area (Å²) >= 11 is 6.18. The molecule has 3 aromatic rings. The van der Waals surface area contributed by atoms with Crippen LogP contribution in [0.4, 0.5) is 5.69 Å². The minimum Gasteiger partial charge on any atom is -0.369 e. The van der Waals surface area contributed by atoms with Gasteiger partial charge >= 0.3 is 0 Å². The summed E-state index contributed by atoms with van der Waals surface area (Å²) in [4.78, 5) is 17.2. The molecule has 0 N–H and O–H groups in total. The lowest BCUT2D eigenvalue weighted by Gasteiger charge is -2.36. The number of carbonyl (C=O) groups is 1. The Hall–Kier alpha value is -2.88. The molecule has 0 bridgehead atoms. The molecule has 1 aliphatic heterocycles. The summed E-state index contributed by atoms with van der Waals surface area (Å²) in [7, 11) is -2.33. The van der Waals surface area contributed by atoms with Crippen molar-refractivity contribution in [3.05, 3.63) is 76.4 Å². The first-order valence-corrected chi connectivity index (χ1v) is 13.4. The molecule has 0 spiro atoms. The van der Waals surface area contributed by atoms with E-state index in [0.29, 0.717) is 44.3 Å². The van der Waals surface area contributed by atoms with Gasteiger partial charge in [0.05, 0.1) is 5.56 Å². The number of amides is 1. The summed E-state index contributed by atoms with van der Waals surface area (Å²) in [5.41, 5.74) is 3.16. The molecule has 1 saturated heterocycles. The third kappa shape index (κ3) is 5.37. The van der Waals surface area contributed by atoms with Crippen LogP contribution in [0.1, 0.15) is 28.4 Å². The summed E-state index contributed by atoms with van der Waals surface area (Å²) in [5, 5.41) is 4.67. The Balaban J connectivity index is 1.54. The molecule has 4 rings (SSSR count). The van der Waals surface area contributed by atoms with Gasteiger partial charge in [-0.3, -0.25) is 9.48 Å². The lowest BCUT2D eigenvalue weighted by Crippen LogP contribution is -2.49. The standard InChI is InChI=1S/C25H30ClN5O3S/c1-4-29(17-20-8-6-5-7-9-20)25(32)22-18-28(3)27-24(22)35(33,34)31-14-12-30(13-15-31)23-16-21(26)11-10-19(23)2/h5-11,16,18H,4,12-15,17H2,1-3H3. The van der Waals surface area contributed by atoms with Crippen molar-refractivity contribution in [3.8, 4) is 0 Å². The highest BCUT2D eigenvalue weighted by Crippen LogP contribution is 2.27. The van der Waals surface area contributed by atoms with Crippen molar-refractivity contribution < 1.29 is 13.2 Å². The molecule has 2 aromatic carbocycles. The predicted octanol–water partition coefficient (Wildman–Crippen LogP) is 3.56. The fourth-order valence-electron chi connectivity index (χ4n) is 4.32. The van der Waals surface area contributed by atoms with Gasteiger partial charge in [-0.1, -0.05) is 48.0 Å². The van der Waals surface area contributed by atoms with Crippen LogP contribution in [0.5, 0.6) is 0 Å². The van der Waals surface area contributed by atoms with Crippen molar-refractivity contribution in [1.82, 2.24) is 19.0 Å². The highest BCUT2D eigenvalue weighted by atomic mass is 35.5. The number of hydrogen-bond donors (Lipinski definition) is 0. The zero-order valence-electron chi connectivity index (χ0n) is 20.2. The Bertz CT molecular complexity index is 1300. The van der Waals surface area contributed by atoms with Gasteiger partial charge in [0, 0.05) is 63.2 Å². The SMILES string of the molecule is CCN(Cc1ccccc1)C(=O)c1cn(C)nc1S(=O)(=O)N1CCN(c2cc(Cl)ccc2C)CC1. The van der Waals surface area contributed by atoms with E-state index < -0.39 is 10.0 Å². The molecule has 0 unspecified atom stereocenters. The van der Waals surface area contributed by atoms with Crippen molar-refractivity contribution in [1.29, 1.82) is 0 Å². The van der Waals surface area contributed by atoms with E-state index in [1.54, 1.807) is 11.9 Å². The maximum atomic E-state index is 13.6. The van der Waals surface area contributed by atoms with Crippen LogP contribution in [0, 0.1) is 6.92 Å². The quantitative estimate of drug-likeness (QED) is 0.481. The smallest absolute Gasteiger partial charge is 0.263 e. The molecule has 8 nitrogen and oxygen atoms in total. The Morgan fingerprint density at radius 2 is 1.77 bits per heavy atom. The lowest BCUT2D eigenvalue weighted by atomic mass is 10.1. The maximum Gasteiger partial charge on any atom is 0.263 e. The first-order chi connectivity index (χ1) is 16.7. The van der Waals surface area contributed by atoms with E-state index in [1.807, 2.05) is 62.4 Å². The van der Waals surface area contributed by atoms with Crippen molar-refractivity contribution in [2.24, 2.45) is 7.05 Å². The molecule has 0 aliphatic carbocycles. The second-order valence-corrected chi connectivity index (χ2v) is 10.9. The summed E-state index contributed by atoms with van der Waals surface area (Å²) in [5.74, 6) is -0.351. The van der Waals surface area contributed by atoms with Crippen LogP contribution in [0.3, 0.4) is 0 Å². The molecule has 1 aromatic heterocycles. The van der Waals surface area contributed by atoms with Gasteiger partial charge < -0.3 is 9.80 Å². The molecule has 1 aliphatic rings. The summed E-state index contributed by atoms with van der Waals surface area (Å²) in [6.07, 6.45) is 1.49. The van der Waals surface area contributed by atoms with Gasteiger partial charge in [-0.2, -0.15) is 9.40 Å². The zero-order valence-corrected chi connectivity index (χ0v) is 21.8. The molecule has 10 heteroatoms. The fraction of sp³-hybridized carbons (Fsp3) is 0.360. The molecule has 186 valence electrons. The van der Waals surface area contributed by atoms with E-state index in [4.69, 9.17) is 11.6 Å². The largest absolute Gasteiger partial charge is 0.369 e. The summed E-state index contributed by atoms with van der Waals surface area (Å²) in [6, 6.07) is 15.3. The molecule has 2 heterocycles. The molecule has 1 amide bonds. The minimum absolute atomic E-state index is 0.0957. The molecule has 0 radical (unpaired) electrons. The van der Waals surface area contributed by atoms with E-state index in [2.05, 4.69) is 10.00 Å². The van der Waals surface area contributed by atoms with Crippen molar-refractivity contribution in [2.45, 2.75) is 25.4 Å². The van der Waals surface area contributed by atoms with E-state index >= 15 is 0 Å². The van der Waals surface area contributed by atoms with E-state index in [1.165, 1.54) is 15.2 Å². The van der Waals surface area contributed by atoms with Crippen LogP contribution in [0.25, 0.3) is 0 Å². The highest BCUT2D eigenvalue weighted by Gasteiger charge is 2.35. The first kappa shape index (κ1) is 25.2. The number of aromatic nitrogens is 2. The molecule has 35 heavy (non-hydrogen) atoms. The van der Waals surface area contributed by atoms with Crippen LogP contribution < -0.4 is 4.90 Å². The Morgan fingerprint density at radius 3 is 2.43 bits per heavy atom. The lowest BCUT2D eigenvalue weighted by molar-refractivity contribution is 0.0748. The first-order valence-electron chi connectivity index (χ1n) is 11.6. The minimum atomic E-state index is -3.95. The summed E-state index contributed by atoms with van der Waals surface area (Å²) in [6.45, 7) is 6.34. The average Bonchev–Trinajstić information content (AvgIpc) is 3.27. The predicted molar refractivity (Wildman–Crippen MR) is 137 cm³/mol. The van der Waals surface area contributed by atoms with Gasteiger partial charge in [0.25, 0.3) is 15.9 Å². The second kappa shape index (κ2) is 10.4. The molecule has 0 atom stereocenters. The fourth-order valence-corrected chi connectivity index (χ4v) is 6.03. The number of piperazine rings is 1. The van der Waals surface area contributed by atoms with Crippen molar-refractivity contribution in [2.75, 3.05) is 37.6 Å². The topological polar surface area (TPSA) is 78.8 Å². The van der Waals surface area contributed by atoms with E-state index in [9.17, 15) is 13.2 Å². The number of anilines is 1. The number of aryl methyl sites for hydroxylation is 2. The number of benzene rings is 2. The van der Waals surface area contributed by atoms with Crippen LogP contribution >= 0.6 is 11.6 Å². The van der Waals surface area contributed by atoms with Gasteiger partial charge in [-0.05, 0) is 37.1 Å². The van der Waals surface area contributed by atoms with Crippen molar-refractivity contribution in [3.63, 3.8) is 0 Å². The van der Waals surface area contributed by atoms with Crippen molar-refractivity contribution >= 4 is 33.2 Å². The Labute approximate surface area is 211 Å². The molecule has 0 saturated carbocycles. The Kier molecular flexibility index (Phi) is 7.49. The highest BCUT2D eigenvalue weighted by molar-refractivity contribution is 7.89. The number of halogens is 1. The number of sulfonamides is 1. The molecular weight excluding hydrogens is 486 g/mol. The normalized spacial score (nSPS) is 14.8. The van der Waals surface area contributed by atoms with E-state index in [0.717, 1.165) is 16.8 Å². The van der Waals surface area contributed by atoms with Crippen LogP contribution in [0.15, 0.2) is 59.8 Å². The Morgan fingerprint density at radius 1 is 1.09 bits per heavy atom. The third-order valence-corrected chi connectivity index (χ3v) is 8.32. The average molecular weight is 516 g/mol. The monoisotopic (exact) mass is 515 g/mol. The van der Waals surface area contributed by atoms with Gasteiger partial charge in [0.1, 0.15) is 0 Å². The zero-order chi connectivity index (χ0) is 25.2. The summed E-state index contributed by atoms with van der Waals surface area (Å²) < 4.78 is 30.0. The number of hydrogen-bond acceptors (Lipinski definition) is 5.